The molecule has 1 aromatic carbocycles. The van der Waals surface area contributed by atoms with E-state index < -0.39 is 35.6 Å². The number of imidazole rings is 1. The largest absolute Gasteiger partial charge is 0.497 e. The third kappa shape index (κ3) is 4.44. The van der Waals surface area contributed by atoms with Crippen molar-refractivity contribution in [3.63, 3.8) is 0 Å². The lowest BCUT2D eigenvalue weighted by atomic mass is 10.1. The van der Waals surface area contributed by atoms with Crippen LogP contribution in [0.3, 0.4) is 0 Å². The van der Waals surface area contributed by atoms with Crippen molar-refractivity contribution >= 4 is 28.3 Å². The molecule has 4 N–H and O–H groups in total. The minimum absolute atomic E-state index is 0.000141. The molecule has 0 saturated carbocycles. The van der Waals surface area contributed by atoms with E-state index >= 15 is 0 Å². The molecule has 3 aromatic rings. The standard InChI is InChI=1S/C19H20N4O7S/c1-9(24)14(15(25)22-18-20-12(8-31-18)17(27)30-3)23-16(26)13(21-19(23)28)10-4-6-11(29-2)7-5-10/h4-9,14,24,26H,1-3H3,(H,21,28)(H,20,22,25)/t9-,14+/m1/s1. The normalized spacial score (nSPS) is 12.8. The number of anilines is 1. The van der Waals surface area contributed by atoms with Gasteiger partial charge in [0.05, 0.1) is 20.3 Å². The Morgan fingerprint density at radius 3 is 2.52 bits per heavy atom. The van der Waals surface area contributed by atoms with Gasteiger partial charge in [0.2, 0.25) is 5.88 Å². The SMILES string of the molecule is COC(=O)c1csc(NC(=O)[C@H]([C@@H](C)O)n2c(O)c(-c3ccc(OC)cc3)[nH]c2=O)n1. The molecule has 0 aliphatic carbocycles. The van der Waals surface area contributed by atoms with Gasteiger partial charge in [-0.3, -0.25) is 4.79 Å². The van der Waals surface area contributed by atoms with Gasteiger partial charge in [0, 0.05) is 10.9 Å². The van der Waals surface area contributed by atoms with E-state index in [4.69, 9.17) is 4.74 Å². The monoisotopic (exact) mass is 448 g/mol. The molecule has 0 aliphatic rings. The summed E-state index contributed by atoms with van der Waals surface area (Å²) in [6.07, 6.45) is -1.34. The van der Waals surface area contributed by atoms with Crippen molar-refractivity contribution in [1.82, 2.24) is 14.5 Å². The average Bonchev–Trinajstić information content (AvgIpc) is 3.33. The Bertz CT molecular complexity index is 1150. The highest BCUT2D eigenvalue weighted by Gasteiger charge is 2.32. The molecule has 2 atom stereocenters. The van der Waals surface area contributed by atoms with Crippen LogP contribution in [0, 0.1) is 0 Å². The summed E-state index contributed by atoms with van der Waals surface area (Å²) < 4.78 is 10.4. The van der Waals surface area contributed by atoms with E-state index in [1.165, 1.54) is 26.5 Å². The van der Waals surface area contributed by atoms with Crippen LogP contribution in [-0.2, 0) is 9.53 Å². The fourth-order valence-corrected chi connectivity index (χ4v) is 3.60. The summed E-state index contributed by atoms with van der Waals surface area (Å²) in [5.74, 6) is -1.42. The molecular formula is C19H20N4O7S. The minimum Gasteiger partial charge on any atom is -0.497 e. The van der Waals surface area contributed by atoms with Crippen LogP contribution in [0.15, 0.2) is 34.4 Å². The Morgan fingerprint density at radius 1 is 1.26 bits per heavy atom. The molecule has 1 amide bonds. The molecule has 2 heterocycles. The summed E-state index contributed by atoms with van der Waals surface area (Å²) >= 11 is 0.965. The molecule has 0 aliphatic heterocycles. The zero-order valence-electron chi connectivity index (χ0n) is 16.8. The number of esters is 1. The summed E-state index contributed by atoms with van der Waals surface area (Å²) in [4.78, 5) is 43.3. The number of ether oxygens (including phenoxy) is 2. The van der Waals surface area contributed by atoms with Crippen LogP contribution < -0.4 is 15.7 Å². The Labute approximate surface area is 179 Å². The first-order valence-corrected chi connectivity index (χ1v) is 9.85. The first-order valence-electron chi connectivity index (χ1n) is 8.97. The van der Waals surface area contributed by atoms with Gasteiger partial charge in [0.15, 0.2) is 10.8 Å². The van der Waals surface area contributed by atoms with Crippen LogP contribution in [0.25, 0.3) is 11.3 Å². The zero-order chi connectivity index (χ0) is 22.7. The fourth-order valence-electron chi connectivity index (χ4n) is 2.92. The van der Waals surface area contributed by atoms with Crippen LogP contribution >= 0.6 is 11.3 Å². The number of aliphatic hydroxyl groups excluding tert-OH is 1. The van der Waals surface area contributed by atoms with E-state index in [1.54, 1.807) is 24.3 Å². The second-order valence-electron chi connectivity index (χ2n) is 6.43. The molecule has 3 rings (SSSR count). The topological polar surface area (TPSA) is 156 Å². The Balaban J connectivity index is 1.93. The Kier molecular flexibility index (Phi) is 6.42. The summed E-state index contributed by atoms with van der Waals surface area (Å²) in [6.45, 7) is 1.30. The highest BCUT2D eigenvalue weighted by molar-refractivity contribution is 7.14. The van der Waals surface area contributed by atoms with Crippen molar-refractivity contribution in [2.45, 2.75) is 19.1 Å². The number of aromatic hydroxyl groups is 1. The first-order chi connectivity index (χ1) is 14.8. The maximum absolute atomic E-state index is 12.8. The molecule has 0 radical (unpaired) electrons. The molecule has 11 nitrogen and oxygen atoms in total. The van der Waals surface area contributed by atoms with Crippen molar-refractivity contribution in [3.05, 3.63) is 45.8 Å². The zero-order valence-corrected chi connectivity index (χ0v) is 17.6. The number of H-pyrrole nitrogens is 1. The second-order valence-corrected chi connectivity index (χ2v) is 7.29. The van der Waals surface area contributed by atoms with E-state index in [9.17, 15) is 24.6 Å². The van der Waals surface area contributed by atoms with Crippen LogP contribution in [0.1, 0.15) is 23.5 Å². The quantitative estimate of drug-likeness (QED) is 0.395. The number of aliphatic hydroxyl groups is 1. The van der Waals surface area contributed by atoms with Crippen LogP contribution in [0.4, 0.5) is 5.13 Å². The number of hydrogen-bond donors (Lipinski definition) is 4. The van der Waals surface area contributed by atoms with Crippen LogP contribution in [0.2, 0.25) is 0 Å². The van der Waals surface area contributed by atoms with Crippen molar-refractivity contribution < 1.29 is 29.3 Å². The van der Waals surface area contributed by atoms with Gasteiger partial charge in [-0.2, -0.15) is 0 Å². The molecule has 164 valence electrons. The summed E-state index contributed by atoms with van der Waals surface area (Å²) in [6, 6.07) is 5.06. The van der Waals surface area contributed by atoms with E-state index in [0.717, 1.165) is 15.9 Å². The van der Waals surface area contributed by atoms with Crippen molar-refractivity contribution in [2.24, 2.45) is 0 Å². The van der Waals surface area contributed by atoms with Gasteiger partial charge in [-0.15, -0.1) is 11.3 Å². The maximum atomic E-state index is 12.8. The number of rotatable bonds is 7. The third-order valence-electron chi connectivity index (χ3n) is 4.41. The van der Waals surface area contributed by atoms with Gasteiger partial charge in [-0.25, -0.2) is 19.1 Å². The molecule has 0 bridgehead atoms. The summed E-state index contributed by atoms with van der Waals surface area (Å²) in [5.41, 5.74) is -0.242. The lowest BCUT2D eigenvalue weighted by Gasteiger charge is -2.20. The highest BCUT2D eigenvalue weighted by Crippen LogP contribution is 2.31. The van der Waals surface area contributed by atoms with Crippen molar-refractivity contribution in [1.29, 1.82) is 0 Å². The number of nitrogens with zero attached hydrogens (tertiary/aromatic N) is 2. The van der Waals surface area contributed by atoms with E-state index in [1.807, 2.05) is 0 Å². The van der Waals surface area contributed by atoms with Gasteiger partial charge in [0.1, 0.15) is 17.5 Å². The van der Waals surface area contributed by atoms with Crippen LogP contribution in [-0.4, -0.2) is 56.9 Å². The Morgan fingerprint density at radius 2 is 1.94 bits per heavy atom. The molecule has 12 heteroatoms. The number of thiazole rings is 1. The van der Waals surface area contributed by atoms with E-state index in [-0.39, 0.29) is 16.5 Å². The summed E-state index contributed by atoms with van der Waals surface area (Å²) in [5, 5.41) is 24.8. The lowest BCUT2D eigenvalue weighted by Crippen LogP contribution is -2.38. The second kappa shape index (κ2) is 9.02. The minimum atomic E-state index is -1.47. The predicted octanol–water partition coefficient (Wildman–Crippen LogP) is 1.36. The predicted molar refractivity (Wildman–Crippen MR) is 112 cm³/mol. The highest BCUT2D eigenvalue weighted by atomic mass is 32.1. The van der Waals surface area contributed by atoms with E-state index in [2.05, 4.69) is 20.0 Å². The van der Waals surface area contributed by atoms with Crippen molar-refractivity contribution in [2.75, 3.05) is 19.5 Å². The number of hydrogen-bond acceptors (Lipinski definition) is 9. The number of benzene rings is 1. The summed E-state index contributed by atoms with van der Waals surface area (Å²) in [7, 11) is 2.71. The molecule has 0 saturated heterocycles. The average molecular weight is 448 g/mol. The number of nitrogens with one attached hydrogen (secondary N) is 2. The van der Waals surface area contributed by atoms with Gasteiger partial charge >= 0.3 is 11.7 Å². The van der Waals surface area contributed by atoms with E-state index in [0.29, 0.717) is 11.3 Å². The molecule has 0 spiro atoms. The number of methoxy groups -OCH3 is 2. The molecular weight excluding hydrogens is 428 g/mol. The van der Waals surface area contributed by atoms with Gasteiger partial charge in [-0.05, 0) is 31.2 Å². The van der Waals surface area contributed by atoms with Gasteiger partial charge in [0.25, 0.3) is 5.91 Å². The van der Waals surface area contributed by atoms with Crippen molar-refractivity contribution in [3.8, 4) is 22.9 Å². The maximum Gasteiger partial charge on any atom is 0.357 e. The lowest BCUT2D eigenvalue weighted by molar-refractivity contribution is -0.122. The molecule has 0 unspecified atom stereocenters. The number of aromatic nitrogens is 3. The number of amides is 1. The number of carbonyl (C=O) groups is 2. The van der Waals surface area contributed by atoms with Crippen LogP contribution in [0.5, 0.6) is 11.6 Å². The van der Waals surface area contributed by atoms with Gasteiger partial charge in [-0.1, -0.05) is 0 Å². The first kappa shape index (κ1) is 22.1. The number of carbonyl (C=O) groups excluding carboxylic acids is 2. The Hall–Kier alpha value is -3.64. The molecule has 0 fully saturated rings. The number of aromatic amines is 1. The van der Waals surface area contributed by atoms with Gasteiger partial charge < -0.3 is 30.0 Å². The smallest absolute Gasteiger partial charge is 0.357 e. The third-order valence-corrected chi connectivity index (χ3v) is 5.17. The fraction of sp³-hybridized carbons (Fsp3) is 0.263. The molecule has 2 aromatic heterocycles. The molecule has 31 heavy (non-hydrogen) atoms.